The Hall–Kier alpha value is -0.730. The predicted octanol–water partition coefficient (Wildman–Crippen LogP) is 5.33. The van der Waals surface area contributed by atoms with Gasteiger partial charge in [0.05, 0.1) is 10.6 Å². The molecule has 0 aliphatic heterocycles. The molecule has 0 saturated heterocycles. The van der Waals surface area contributed by atoms with E-state index in [1.807, 2.05) is 0 Å². The lowest BCUT2D eigenvalue weighted by atomic mass is 9.48. The molecule has 4 aliphatic rings. The maximum absolute atomic E-state index is 12.7. The molecule has 1 N–H and O–H groups in total. The molecule has 0 unspecified atom stereocenters. The standard InChI is InChI=1S/C19H23Cl2NO/c1-11(22-18(23)16-7-15(20)2-3-17(16)21)19-8-12-4-13(9-19)6-14(5-12)10-19/h2-3,7,11-14H,4-6,8-10H2,1H3,(H,22,23)/t11-,12?,13?,14?,19?/m1/s1. The number of hydrogen-bond donors (Lipinski definition) is 1. The van der Waals surface area contributed by atoms with Crippen molar-refractivity contribution in [3.63, 3.8) is 0 Å². The van der Waals surface area contributed by atoms with E-state index in [2.05, 4.69) is 12.2 Å². The number of halogens is 2. The van der Waals surface area contributed by atoms with Gasteiger partial charge >= 0.3 is 0 Å². The van der Waals surface area contributed by atoms with Gasteiger partial charge in [-0.25, -0.2) is 0 Å². The molecule has 0 heterocycles. The molecule has 1 atom stereocenters. The highest BCUT2D eigenvalue weighted by atomic mass is 35.5. The van der Waals surface area contributed by atoms with Crippen molar-refractivity contribution < 1.29 is 4.79 Å². The monoisotopic (exact) mass is 351 g/mol. The zero-order valence-corrected chi connectivity index (χ0v) is 15.0. The number of rotatable bonds is 3. The van der Waals surface area contributed by atoms with E-state index < -0.39 is 0 Å². The minimum atomic E-state index is -0.0965. The Morgan fingerprint density at radius 1 is 1.13 bits per heavy atom. The summed E-state index contributed by atoms with van der Waals surface area (Å²) in [5.41, 5.74) is 0.783. The van der Waals surface area contributed by atoms with E-state index >= 15 is 0 Å². The lowest BCUT2D eigenvalue weighted by molar-refractivity contribution is -0.0688. The molecule has 1 aromatic rings. The van der Waals surface area contributed by atoms with Crippen molar-refractivity contribution in [2.24, 2.45) is 23.2 Å². The van der Waals surface area contributed by atoms with Crippen LogP contribution in [0.4, 0.5) is 0 Å². The Bertz CT molecular complexity index is 607. The van der Waals surface area contributed by atoms with Crippen LogP contribution in [-0.4, -0.2) is 11.9 Å². The average Bonchev–Trinajstić information content (AvgIpc) is 2.48. The molecule has 23 heavy (non-hydrogen) atoms. The fourth-order valence-electron chi connectivity index (χ4n) is 5.81. The second-order valence-corrected chi connectivity index (χ2v) is 8.94. The lowest BCUT2D eigenvalue weighted by Gasteiger charge is -2.59. The summed E-state index contributed by atoms with van der Waals surface area (Å²) < 4.78 is 0. The second-order valence-electron chi connectivity index (χ2n) is 8.10. The van der Waals surface area contributed by atoms with Gasteiger partial charge in [-0.15, -0.1) is 0 Å². The summed E-state index contributed by atoms with van der Waals surface area (Å²) in [6.07, 6.45) is 8.09. The van der Waals surface area contributed by atoms with Crippen molar-refractivity contribution in [1.29, 1.82) is 0 Å². The molecule has 4 bridgehead atoms. The number of carbonyl (C=O) groups excluding carboxylic acids is 1. The number of carbonyl (C=O) groups is 1. The maximum Gasteiger partial charge on any atom is 0.253 e. The molecule has 0 radical (unpaired) electrons. The van der Waals surface area contributed by atoms with Gasteiger partial charge in [0, 0.05) is 11.1 Å². The van der Waals surface area contributed by atoms with Gasteiger partial charge in [-0.2, -0.15) is 0 Å². The molecule has 0 aromatic heterocycles. The van der Waals surface area contributed by atoms with Gasteiger partial charge in [-0.05, 0) is 86.8 Å². The second kappa shape index (κ2) is 5.67. The van der Waals surface area contributed by atoms with Gasteiger partial charge in [0.15, 0.2) is 0 Å². The normalized spacial score (nSPS) is 36.0. The Labute approximate surface area is 147 Å². The Kier molecular flexibility index (Phi) is 3.89. The molecule has 124 valence electrons. The Morgan fingerprint density at radius 2 is 1.70 bits per heavy atom. The molecular formula is C19H23Cl2NO. The SMILES string of the molecule is C[C@@H](NC(=O)c1cc(Cl)ccc1Cl)C12CC3CC(CC(C3)C1)C2. The van der Waals surface area contributed by atoms with Crippen molar-refractivity contribution in [1.82, 2.24) is 5.32 Å². The predicted molar refractivity (Wildman–Crippen MR) is 94.0 cm³/mol. The highest BCUT2D eigenvalue weighted by Crippen LogP contribution is 2.61. The molecule has 2 nitrogen and oxygen atoms in total. The van der Waals surface area contributed by atoms with Gasteiger partial charge in [-0.1, -0.05) is 23.2 Å². The van der Waals surface area contributed by atoms with E-state index in [9.17, 15) is 4.79 Å². The summed E-state index contributed by atoms with van der Waals surface area (Å²) in [4.78, 5) is 12.7. The van der Waals surface area contributed by atoms with Crippen LogP contribution in [0.5, 0.6) is 0 Å². The Balaban J connectivity index is 1.52. The van der Waals surface area contributed by atoms with Crippen LogP contribution in [-0.2, 0) is 0 Å². The minimum absolute atomic E-state index is 0.0965. The topological polar surface area (TPSA) is 29.1 Å². The first-order chi connectivity index (χ1) is 10.9. The van der Waals surface area contributed by atoms with Gasteiger partial charge in [-0.3, -0.25) is 4.79 Å². The van der Waals surface area contributed by atoms with Crippen LogP contribution in [0.1, 0.15) is 55.8 Å². The number of amides is 1. The van der Waals surface area contributed by atoms with Gasteiger partial charge < -0.3 is 5.32 Å². The fourth-order valence-corrected chi connectivity index (χ4v) is 6.18. The average molecular weight is 352 g/mol. The third-order valence-electron chi connectivity index (χ3n) is 6.52. The molecule has 1 aromatic carbocycles. The van der Waals surface area contributed by atoms with Gasteiger partial charge in [0.25, 0.3) is 5.91 Å². The van der Waals surface area contributed by atoms with Crippen LogP contribution < -0.4 is 5.32 Å². The fraction of sp³-hybridized carbons (Fsp3) is 0.632. The van der Waals surface area contributed by atoms with Crippen LogP contribution >= 0.6 is 23.2 Å². The van der Waals surface area contributed by atoms with Crippen LogP contribution in [0.2, 0.25) is 10.0 Å². The molecule has 0 spiro atoms. The highest BCUT2D eigenvalue weighted by molar-refractivity contribution is 6.35. The molecule has 1 amide bonds. The van der Waals surface area contributed by atoms with Crippen molar-refractivity contribution in [3.8, 4) is 0 Å². The van der Waals surface area contributed by atoms with E-state index in [0.29, 0.717) is 21.0 Å². The number of hydrogen-bond acceptors (Lipinski definition) is 1. The maximum atomic E-state index is 12.7. The summed E-state index contributed by atoms with van der Waals surface area (Å²) in [5.74, 6) is 2.56. The van der Waals surface area contributed by atoms with Crippen molar-refractivity contribution in [3.05, 3.63) is 33.8 Å². The van der Waals surface area contributed by atoms with E-state index in [4.69, 9.17) is 23.2 Å². The summed E-state index contributed by atoms with van der Waals surface area (Å²) in [7, 11) is 0. The van der Waals surface area contributed by atoms with Crippen molar-refractivity contribution in [2.75, 3.05) is 0 Å². The van der Waals surface area contributed by atoms with Crippen LogP contribution in [0.15, 0.2) is 18.2 Å². The lowest BCUT2D eigenvalue weighted by Crippen LogP contribution is -2.55. The molecule has 5 rings (SSSR count). The molecule has 4 saturated carbocycles. The summed E-state index contributed by atoms with van der Waals surface area (Å²) in [6, 6.07) is 5.25. The van der Waals surface area contributed by atoms with Crippen molar-refractivity contribution in [2.45, 2.75) is 51.5 Å². The first-order valence-corrected chi connectivity index (χ1v) is 9.47. The van der Waals surface area contributed by atoms with E-state index in [1.54, 1.807) is 18.2 Å². The van der Waals surface area contributed by atoms with E-state index in [0.717, 1.165) is 17.8 Å². The van der Waals surface area contributed by atoms with E-state index in [-0.39, 0.29) is 11.9 Å². The number of nitrogens with one attached hydrogen (secondary N) is 1. The van der Waals surface area contributed by atoms with Gasteiger partial charge in [0.2, 0.25) is 0 Å². The molecular weight excluding hydrogens is 329 g/mol. The van der Waals surface area contributed by atoms with E-state index in [1.165, 1.54) is 38.5 Å². The zero-order valence-electron chi connectivity index (χ0n) is 13.4. The first kappa shape index (κ1) is 15.8. The third kappa shape index (κ3) is 2.78. The van der Waals surface area contributed by atoms with Crippen molar-refractivity contribution >= 4 is 29.1 Å². The largest absolute Gasteiger partial charge is 0.349 e. The molecule has 4 aliphatic carbocycles. The molecule has 4 heteroatoms. The summed E-state index contributed by atoms with van der Waals surface area (Å²) >= 11 is 12.2. The van der Waals surface area contributed by atoms with Crippen LogP contribution in [0.25, 0.3) is 0 Å². The first-order valence-electron chi connectivity index (χ1n) is 8.71. The minimum Gasteiger partial charge on any atom is -0.349 e. The third-order valence-corrected chi connectivity index (χ3v) is 7.09. The summed E-state index contributed by atoms with van der Waals surface area (Å²) in [5, 5.41) is 4.25. The Morgan fingerprint density at radius 3 is 2.26 bits per heavy atom. The van der Waals surface area contributed by atoms with Gasteiger partial charge in [0.1, 0.15) is 0 Å². The number of benzene rings is 1. The van der Waals surface area contributed by atoms with Crippen LogP contribution in [0, 0.1) is 23.2 Å². The smallest absolute Gasteiger partial charge is 0.253 e. The zero-order chi connectivity index (χ0) is 16.2. The summed E-state index contributed by atoms with van der Waals surface area (Å²) in [6.45, 7) is 2.18. The molecule has 4 fully saturated rings. The highest BCUT2D eigenvalue weighted by Gasteiger charge is 2.53. The van der Waals surface area contributed by atoms with Crippen LogP contribution in [0.3, 0.4) is 0 Å². The quantitative estimate of drug-likeness (QED) is 0.783.